The fourth-order valence-corrected chi connectivity index (χ4v) is 3.82. The van der Waals surface area contributed by atoms with Gasteiger partial charge >= 0.3 is 0 Å². The van der Waals surface area contributed by atoms with Crippen LogP contribution in [0.4, 0.5) is 0 Å². The van der Waals surface area contributed by atoms with Crippen LogP contribution in [0.5, 0.6) is 0 Å². The van der Waals surface area contributed by atoms with Crippen molar-refractivity contribution in [3.8, 4) is 5.69 Å². The van der Waals surface area contributed by atoms with Crippen LogP contribution in [0.25, 0.3) is 5.69 Å². The quantitative estimate of drug-likeness (QED) is 0.662. The second-order valence-corrected chi connectivity index (χ2v) is 7.99. The first kappa shape index (κ1) is 19.6. The lowest BCUT2D eigenvalue weighted by molar-refractivity contribution is -0.127. The summed E-state index contributed by atoms with van der Waals surface area (Å²) in [6.45, 7) is 9.11. The summed E-state index contributed by atoms with van der Waals surface area (Å²) in [6, 6.07) is 10.1. The summed E-state index contributed by atoms with van der Waals surface area (Å²) in [4.78, 5) is 14.2. The molecule has 1 aromatic heterocycles. The zero-order valence-electron chi connectivity index (χ0n) is 16.0. The van der Waals surface area contributed by atoms with Gasteiger partial charge in [0.2, 0.25) is 5.91 Å². The fraction of sp³-hybridized carbons (Fsp3) is 0.500. The van der Waals surface area contributed by atoms with Gasteiger partial charge in [-0.15, -0.1) is 0 Å². The van der Waals surface area contributed by atoms with Gasteiger partial charge in [-0.1, -0.05) is 32.0 Å². The monoisotopic (exact) mass is 359 g/mol. The first-order valence-corrected chi connectivity index (χ1v) is 9.97. The molecule has 0 fully saturated rings. The number of benzene rings is 1. The Morgan fingerprint density at radius 2 is 1.92 bits per heavy atom. The van der Waals surface area contributed by atoms with E-state index < -0.39 is 0 Å². The predicted octanol–water partition coefficient (Wildman–Crippen LogP) is 4.23. The summed E-state index contributed by atoms with van der Waals surface area (Å²) >= 11 is 1.73. The van der Waals surface area contributed by atoms with Crippen molar-refractivity contribution in [2.24, 2.45) is 5.92 Å². The Morgan fingerprint density at radius 1 is 1.24 bits per heavy atom. The molecule has 0 unspecified atom stereocenters. The van der Waals surface area contributed by atoms with Gasteiger partial charge in [-0.05, 0) is 44.1 Å². The van der Waals surface area contributed by atoms with Crippen LogP contribution < -0.4 is 0 Å². The first-order valence-electron chi connectivity index (χ1n) is 8.82. The molecular formula is C20H29N3OS. The molecule has 136 valence electrons. The lowest BCUT2D eigenvalue weighted by Crippen LogP contribution is -2.28. The number of thioether (sulfide) groups is 1. The van der Waals surface area contributed by atoms with Crippen LogP contribution >= 0.6 is 11.8 Å². The van der Waals surface area contributed by atoms with Crippen molar-refractivity contribution in [2.45, 2.75) is 40.7 Å². The van der Waals surface area contributed by atoms with E-state index in [-0.39, 0.29) is 5.91 Å². The molecule has 1 heterocycles. The van der Waals surface area contributed by atoms with Crippen LogP contribution in [0.3, 0.4) is 0 Å². The number of rotatable bonds is 8. The minimum atomic E-state index is 0.181. The molecular weight excluding hydrogens is 330 g/mol. The van der Waals surface area contributed by atoms with Crippen molar-refractivity contribution in [1.82, 2.24) is 14.7 Å². The van der Waals surface area contributed by atoms with E-state index in [1.54, 1.807) is 11.8 Å². The third-order valence-corrected chi connectivity index (χ3v) is 5.30. The lowest BCUT2D eigenvalue weighted by atomic mass is 10.2. The number of amides is 1. The molecule has 0 radical (unpaired) electrons. The molecule has 0 bridgehead atoms. The summed E-state index contributed by atoms with van der Waals surface area (Å²) in [5, 5.41) is 4.66. The van der Waals surface area contributed by atoms with E-state index in [9.17, 15) is 4.79 Å². The maximum atomic E-state index is 12.4. The molecule has 0 saturated carbocycles. The molecule has 0 atom stereocenters. The van der Waals surface area contributed by atoms with Crippen molar-refractivity contribution in [2.75, 3.05) is 18.6 Å². The standard InChI is InChI=1S/C20H29N3OS/c1-15(2)11-12-25-14-20(24)22(5)13-19-16(3)21-23(17(19)4)18-9-7-6-8-10-18/h6-10,15H,11-14H2,1-5H3. The van der Waals surface area contributed by atoms with Gasteiger partial charge < -0.3 is 4.90 Å². The normalized spacial score (nSPS) is 11.1. The smallest absolute Gasteiger partial charge is 0.232 e. The maximum Gasteiger partial charge on any atom is 0.232 e. The highest BCUT2D eigenvalue weighted by atomic mass is 32.2. The molecule has 0 saturated heterocycles. The zero-order valence-corrected chi connectivity index (χ0v) is 16.8. The first-order chi connectivity index (χ1) is 11.9. The number of carbonyl (C=O) groups excluding carboxylic acids is 1. The van der Waals surface area contributed by atoms with Crippen molar-refractivity contribution in [1.29, 1.82) is 0 Å². The molecule has 2 rings (SSSR count). The van der Waals surface area contributed by atoms with Crippen molar-refractivity contribution in [3.63, 3.8) is 0 Å². The number of hydrogen-bond acceptors (Lipinski definition) is 3. The SMILES string of the molecule is Cc1nn(-c2ccccc2)c(C)c1CN(C)C(=O)CSCCC(C)C. The Kier molecular flexibility index (Phi) is 7.12. The number of aryl methyl sites for hydroxylation is 1. The van der Waals surface area contributed by atoms with Crippen LogP contribution in [0, 0.1) is 19.8 Å². The lowest BCUT2D eigenvalue weighted by Gasteiger charge is -2.17. The van der Waals surface area contributed by atoms with Gasteiger partial charge in [-0.3, -0.25) is 4.79 Å². The molecule has 0 spiro atoms. The molecule has 4 nitrogen and oxygen atoms in total. The van der Waals surface area contributed by atoms with Gasteiger partial charge in [-0.2, -0.15) is 16.9 Å². The molecule has 0 aliphatic rings. The Balaban J connectivity index is 2.00. The predicted molar refractivity (Wildman–Crippen MR) is 106 cm³/mol. The zero-order chi connectivity index (χ0) is 18.4. The van der Waals surface area contributed by atoms with Crippen LogP contribution in [0.2, 0.25) is 0 Å². The highest BCUT2D eigenvalue weighted by Crippen LogP contribution is 2.19. The molecule has 25 heavy (non-hydrogen) atoms. The summed E-state index contributed by atoms with van der Waals surface area (Å²) in [5.41, 5.74) is 4.25. The molecule has 1 aromatic carbocycles. The molecule has 5 heteroatoms. The number of hydrogen-bond donors (Lipinski definition) is 0. The summed E-state index contributed by atoms with van der Waals surface area (Å²) in [6.07, 6.45) is 1.16. The van der Waals surface area contributed by atoms with E-state index in [0.29, 0.717) is 18.2 Å². The molecule has 0 aliphatic carbocycles. The van der Waals surface area contributed by atoms with Crippen LogP contribution in [-0.2, 0) is 11.3 Å². The third kappa shape index (κ3) is 5.36. The summed E-state index contributed by atoms with van der Waals surface area (Å²) < 4.78 is 1.96. The second kappa shape index (κ2) is 9.09. The highest BCUT2D eigenvalue weighted by molar-refractivity contribution is 7.99. The fourth-order valence-electron chi connectivity index (χ4n) is 2.64. The van der Waals surface area contributed by atoms with Crippen molar-refractivity contribution < 1.29 is 4.79 Å². The minimum absolute atomic E-state index is 0.181. The van der Waals surface area contributed by atoms with Gasteiger partial charge in [-0.25, -0.2) is 4.68 Å². The summed E-state index contributed by atoms with van der Waals surface area (Å²) in [5.74, 6) is 2.46. The van der Waals surface area contributed by atoms with Crippen molar-refractivity contribution in [3.05, 3.63) is 47.3 Å². The van der Waals surface area contributed by atoms with E-state index in [1.165, 1.54) is 0 Å². The highest BCUT2D eigenvalue weighted by Gasteiger charge is 2.17. The third-order valence-electron chi connectivity index (χ3n) is 4.33. The van der Waals surface area contributed by atoms with E-state index in [4.69, 9.17) is 0 Å². The Hall–Kier alpha value is -1.75. The van der Waals surface area contributed by atoms with Gasteiger partial charge in [0, 0.05) is 24.8 Å². The van der Waals surface area contributed by atoms with Gasteiger partial charge in [0.1, 0.15) is 0 Å². The summed E-state index contributed by atoms with van der Waals surface area (Å²) in [7, 11) is 1.88. The van der Waals surface area contributed by atoms with E-state index in [2.05, 4.69) is 25.9 Å². The maximum absolute atomic E-state index is 12.4. The van der Waals surface area contributed by atoms with E-state index in [1.807, 2.05) is 53.9 Å². The van der Waals surface area contributed by atoms with Gasteiger partial charge in [0.05, 0.1) is 17.1 Å². The van der Waals surface area contributed by atoms with Gasteiger partial charge in [0.25, 0.3) is 0 Å². The Bertz CT molecular complexity index is 694. The van der Waals surface area contributed by atoms with Crippen molar-refractivity contribution >= 4 is 17.7 Å². The Morgan fingerprint density at radius 3 is 2.56 bits per heavy atom. The van der Waals surface area contributed by atoms with Crippen LogP contribution in [0.15, 0.2) is 30.3 Å². The number of para-hydroxylation sites is 1. The van der Waals surface area contributed by atoms with Gasteiger partial charge in [0.15, 0.2) is 0 Å². The molecule has 0 N–H and O–H groups in total. The largest absolute Gasteiger partial charge is 0.341 e. The molecule has 2 aromatic rings. The molecule has 0 aliphatic heterocycles. The average Bonchev–Trinajstić information content (AvgIpc) is 2.87. The minimum Gasteiger partial charge on any atom is -0.341 e. The number of aromatic nitrogens is 2. The van der Waals surface area contributed by atoms with E-state index in [0.717, 1.165) is 34.8 Å². The van der Waals surface area contributed by atoms with Crippen LogP contribution in [0.1, 0.15) is 37.2 Å². The average molecular weight is 360 g/mol. The molecule has 1 amide bonds. The second-order valence-electron chi connectivity index (χ2n) is 6.88. The Labute approximate surface area is 155 Å². The topological polar surface area (TPSA) is 38.1 Å². The van der Waals surface area contributed by atoms with E-state index >= 15 is 0 Å². The number of nitrogens with zero attached hydrogens (tertiary/aromatic N) is 3. The number of carbonyl (C=O) groups is 1. The van der Waals surface area contributed by atoms with Crippen LogP contribution in [-0.4, -0.2) is 39.1 Å².